The molecule has 1 atom stereocenters. The standard InChI is InChI=1S/C22H28BrN3O3S/c1-2-3-10-24-12-14(27)13-29-19-16(23)9-8-15-18-21(30-20(15)19)25-17-7-5-4-6-11-26(17)22(18)28/h8-9,14,24,27H,2-7,10-13H2,1H3. The monoisotopic (exact) mass is 493 g/mol. The maximum Gasteiger partial charge on any atom is 0.262 e. The van der Waals surface area contributed by atoms with Gasteiger partial charge in [0.25, 0.3) is 5.56 Å². The third kappa shape index (κ3) is 4.42. The van der Waals surface area contributed by atoms with Gasteiger partial charge in [-0.15, -0.1) is 11.3 Å². The van der Waals surface area contributed by atoms with E-state index in [1.54, 1.807) is 0 Å². The summed E-state index contributed by atoms with van der Waals surface area (Å²) in [6.07, 6.45) is 5.70. The lowest BCUT2D eigenvalue weighted by Gasteiger charge is -2.14. The first-order valence-corrected chi connectivity index (χ1v) is 12.4. The van der Waals surface area contributed by atoms with Crippen LogP contribution in [0.5, 0.6) is 5.75 Å². The van der Waals surface area contributed by atoms with Crippen LogP contribution in [-0.4, -0.2) is 40.5 Å². The first kappa shape index (κ1) is 21.7. The Kier molecular flexibility index (Phi) is 7.08. The van der Waals surface area contributed by atoms with Crippen LogP contribution in [0.4, 0.5) is 0 Å². The van der Waals surface area contributed by atoms with Crippen molar-refractivity contribution in [3.63, 3.8) is 0 Å². The number of halogens is 1. The summed E-state index contributed by atoms with van der Waals surface area (Å²) in [6.45, 7) is 4.46. The minimum atomic E-state index is -0.599. The predicted molar refractivity (Wildman–Crippen MR) is 126 cm³/mol. The number of rotatable bonds is 8. The van der Waals surface area contributed by atoms with E-state index in [4.69, 9.17) is 9.72 Å². The van der Waals surface area contributed by atoms with E-state index in [1.165, 1.54) is 11.3 Å². The van der Waals surface area contributed by atoms with E-state index >= 15 is 0 Å². The van der Waals surface area contributed by atoms with E-state index in [-0.39, 0.29) is 12.2 Å². The maximum absolute atomic E-state index is 13.3. The van der Waals surface area contributed by atoms with Crippen LogP contribution in [0.2, 0.25) is 0 Å². The summed E-state index contributed by atoms with van der Waals surface area (Å²) in [6, 6.07) is 3.87. The smallest absolute Gasteiger partial charge is 0.262 e. The maximum atomic E-state index is 13.3. The molecule has 8 heteroatoms. The van der Waals surface area contributed by atoms with Crippen LogP contribution in [0, 0.1) is 0 Å². The zero-order valence-electron chi connectivity index (χ0n) is 17.2. The third-order valence-corrected chi connectivity index (χ3v) is 7.26. The molecule has 30 heavy (non-hydrogen) atoms. The van der Waals surface area contributed by atoms with Gasteiger partial charge in [-0.1, -0.05) is 25.8 Å². The number of aliphatic hydroxyl groups is 1. The predicted octanol–water partition coefficient (Wildman–Crippen LogP) is 4.23. The van der Waals surface area contributed by atoms with Crippen LogP contribution in [0.1, 0.15) is 44.9 Å². The number of nitrogens with one attached hydrogen (secondary N) is 1. The van der Waals surface area contributed by atoms with Crippen molar-refractivity contribution in [3.8, 4) is 5.75 Å². The van der Waals surface area contributed by atoms with Gasteiger partial charge in [0.2, 0.25) is 0 Å². The highest BCUT2D eigenvalue weighted by atomic mass is 79.9. The molecule has 0 fully saturated rings. The summed E-state index contributed by atoms with van der Waals surface area (Å²) >= 11 is 5.07. The van der Waals surface area contributed by atoms with Crippen LogP contribution in [0.25, 0.3) is 20.3 Å². The number of fused-ring (bicyclic) bond motifs is 4. The van der Waals surface area contributed by atoms with Crippen LogP contribution in [0.15, 0.2) is 21.4 Å². The van der Waals surface area contributed by atoms with Gasteiger partial charge in [-0.25, -0.2) is 4.98 Å². The zero-order valence-corrected chi connectivity index (χ0v) is 19.6. The molecule has 162 valence electrons. The van der Waals surface area contributed by atoms with Crippen LogP contribution >= 0.6 is 27.3 Å². The van der Waals surface area contributed by atoms with Gasteiger partial charge in [0.15, 0.2) is 5.75 Å². The summed E-state index contributed by atoms with van der Waals surface area (Å²) in [5, 5.41) is 15.1. The Labute approximate surface area is 188 Å². The topological polar surface area (TPSA) is 76.4 Å². The Balaban J connectivity index is 1.65. The molecule has 6 nitrogen and oxygen atoms in total. The molecule has 1 unspecified atom stereocenters. The van der Waals surface area contributed by atoms with Gasteiger partial charge < -0.3 is 15.2 Å². The number of aryl methyl sites for hydroxylation is 1. The number of unbranched alkanes of at least 4 members (excludes halogenated alkanes) is 1. The average Bonchev–Trinajstić information content (AvgIpc) is 2.93. The average molecular weight is 494 g/mol. The molecule has 2 N–H and O–H groups in total. The summed E-state index contributed by atoms with van der Waals surface area (Å²) in [7, 11) is 0. The Bertz CT molecular complexity index is 1090. The normalized spacial score (nSPS) is 15.3. The van der Waals surface area contributed by atoms with Crippen LogP contribution < -0.4 is 15.6 Å². The first-order chi connectivity index (χ1) is 14.6. The van der Waals surface area contributed by atoms with Crippen molar-refractivity contribution in [1.29, 1.82) is 0 Å². The number of nitrogens with zero attached hydrogens (tertiary/aromatic N) is 2. The van der Waals surface area contributed by atoms with E-state index in [1.807, 2.05) is 16.7 Å². The van der Waals surface area contributed by atoms with Gasteiger partial charge in [0, 0.05) is 24.9 Å². The molecule has 3 heterocycles. The van der Waals surface area contributed by atoms with Gasteiger partial charge in [0.05, 0.1) is 14.6 Å². The molecule has 0 amide bonds. The summed E-state index contributed by atoms with van der Waals surface area (Å²) in [4.78, 5) is 18.9. The minimum Gasteiger partial charge on any atom is -0.488 e. The van der Waals surface area contributed by atoms with Gasteiger partial charge in [0.1, 0.15) is 23.4 Å². The van der Waals surface area contributed by atoms with Crippen molar-refractivity contribution in [3.05, 3.63) is 32.8 Å². The summed E-state index contributed by atoms with van der Waals surface area (Å²) in [5.74, 6) is 1.56. The molecule has 0 aliphatic carbocycles. The Morgan fingerprint density at radius 2 is 2.23 bits per heavy atom. The number of benzene rings is 1. The molecule has 0 saturated heterocycles. The highest BCUT2D eigenvalue weighted by molar-refractivity contribution is 9.10. The van der Waals surface area contributed by atoms with Gasteiger partial charge in [-0.05, 0) is 47.8 Å². The molecule has 2 aromatic heterocycles. The Morgan fingerprint density at radius 1 is 1.37 bits per heavy atom. The minimum absolute atomic E-state index is 0.0524. The van der Waals surface area contributed by atoms with Gasteiger partial charge in [-0.3, -0.25) is 9.36 Å². The molecule has 0 bridgehead atoms. The van der Waals surface area contributed by atoms with Crippen molar-refractivity contribution in [1.82, 2.24) is 14.9 Å². The van der Waals surface area contributed by atoms with Crippen molar-refractivity contribution < 1.29 is 9.84 Å². The van der Waals surface area contributed by atoms with E-state index in [0.717, 1.165) is 76.8 Å². The van der Waals surface area contributed by atoms with E-state index in [0.29, 0.717) is 17.7 Å². The van der Waals surface area contributed by atoms with E-state index in [9.17, 15) is 9.90 Å². The lowest BCUT2D eigenvalue weighted by Crippen LogP contribution is -2.32. The Morgan fingerprint density at radius 3 is 3.07 bits per heavy atom. The Hall–Kier alpha value is -1.48. The summed E-state index contributed by atoms with van der Waals surface area (Å²) < 4.78 is 9.59. The second-order valence-corrected chi connectivity index (χ2v) is 9.71. The molecule has 4 rings (SSSR count). The highest BCUT2D eigenvalue weighted by Crippen LogP contribution is 2.41. The summed E-state index contributed by atoms with van der Waals surface area (Å²) in [5.41, 5.74) is 0.0524. The fourth-order valence-electron chi connectivity index (χ4n) is 3.91. The van der Waals surface area contributed by atoms with E-state index < -0.39 is 6.10 Å². The molecule has 1 aliphatic rings. The molecule has 0 saturated carbocycles. The molecule has 3 aromatic rings. The number of aromatic nitrogens is 2. The van der Waals surface area contributed by atoms with Crippen molar-refractivity contribution in [2.75, 3.05) is 19.7 Å². The van der Waals surface area contributed by atoms with E-state index in [2.05, 4.69) is 28.2 Å². The first-order valence-electron chi connectivity index (χ1n) is 10.8. The van der Waals surface area contributed by atoms with Crippen LogP contribution in [-0.2, 0) is 13.0 Å². The molecule has 1 aliphatic heterocycles. The SMILES string of the molecule is CCCCNCC(O)COc1c(Br)ccc2c1sc1nc3n(c(=O)c12)CCCCC3. The van der Waals surface area contributed by atoms with Gasteiger partial charge in [-0.2, -0.15) is 0 Å². The zero-order chi connectivity index (χ0) is 21.1. The van der Waals surface area contributed by atoms with Gasteiger partial charge >= 0.3 is 0 Å². The number of thiophene rings is 1. The van der Waals surface area contributed by atoms with Crippen molar-refractivity contribution >= 4 is 47.6 Å². The second-order valence-electron chi connectivity index (χ2n) is 7.85. The molecule has 1 aromatic carbocycles. The fourth-order valence-corrected chi connectivity index (χ4v) is 5.67. The lowest BCUT2D eigenvalue weighted by atomic mass is 10.2. The molecular formula is C22H28BrN3O3S. The molecular weight excluding hydrogens is 466 g/mol. The highest BCUT2D eigenvalue weighted by Gasteiger charge is 2.21. The second kappa shape index (κ2) is 9.77. The number of aliphatic hydroxyl groups excluding tert-OH is 1. The largest absolute Gasteiger partial charge is 0.488 e. The van der Waals surface area contributed by atoms with Crippen molar-refractivity contribution in [2.45, 2.75) is 58.1 Å². The lowest BCUT2D eigenvalue weighted by molar-refractivity contribution is 0.107. The molecule has 0 spiro atoms. The van der Waals surface area contributed by atoms with Crippen LogP contribution in [0.3, 0.4) is 0 Å². The number of hydrogen-bond acceptors (Lipinski definition) is 6. The number of hydrogen-bond donors (Lipinski definition) is 2. The van der Waals surface area contributed by atoms with Crippen molar-refractivity contribution in [2.24, 2.45) is 0 Å². The third-order valence-electron chi connectivity index (χ3n) is 5.54. The fraction of sp³-hybridized carbons (Fsp3) is 0.545. The number of ether oxygens (including phenoxy) is 1. The quantitative estimate of drug-likeness (QED) is 0.459. The molecule has 0 radical (unpaired) electrons.